The first kappa shape index (κ1) is 29.3. The molecule has 0 unspecified atom stereocenters. The molecule has 0 aliphatic heterocycles. The van der Waals surface area contributed by atoms with Crippen LogP contribution >= 0.6 is 0 Å². The van der Waals surface area contributed by atoms with Crippen LogP contribution in [0.2, 0.25) is 0 Å². The molecule has 0 fully saturated rings. The third-order valence-electron chi connectivity index (χ3n) is 6.41. The molecule has 4 rings (SSSR count). The molecule has 8 heteroatoms. The molecule has 1 N–H and O–H groups in total. The molecule has 0 heterocycles. The molecular formula is C33H34FNO6. The maximum Gasteiger partial charge on any atom is 0.224 e. The molecule has 0 atom stereocenters. The number of carbonyl (C=O) groups excluding carboxylic acids is 1. The fraction of sp³-hybridized carbons (Fsp3) is 0.242. The van der Waals surface area contributed by atoms with E-state index in [1.165, 1.54) is 21.3 Å². The van der Waals surface area contributed by atoms with Crippen molar-refractivity contribution in [1.29, 1.82) is 0 Å². The van der Waals surface area contributed by atoms with Crippen LogP contribution in [0.4, 0.5) is 4.39 Å². The number of halogens is 1. The first-order valence-electron chi connectivity index (χ1n) is 13.2. The SMILES string of the molecule is COc1cc(CC(=O)NCCc2ccc(OCc3ccccc3)c(OCc3ccccc3)c2F)cc(OC)c1OC. The first-order valence-corrected chi connectivity index (χ1v) is 13.2. The Morgan fingerprint density at radius 2 is 1.27 bits per heavy atom. The van der Waals surface area contributed by atoms with Crippen molar-refractivity contribution < 1.29 is 32.9 Å². The maximum atomic E-state index is 15.7. The number of benzene rings is 4. The largest absolute Gasteiger partial charge is 0.493 e. The Morgan fingerprint density at radius 1 is 0.683 bits per heavy atom. The monoisotopic (exact) mass is 559 g/mol. The lowest BCUT2D eigenvalue weighted by molar-refractivity contribution is -0.120. The van der Waals surface area contributed by atoms with Crippen molar-refractivity contribution in [2.75, 3.05) is 27.9 Å². The summed E-state index contributed by atoms with van der Waals surface area (Å²) in [4.78, 5) is 12.7. The van der Waals surface area contributed by atoms with Crippen LogP contribution in [0, 0.1) is 5.82 Å². The number of hydrogen-bond donors (Lipinski definition) is 1. The second-order valence-electron chi connectivity index (χ2n) is 9.22. The fourth-order valence-electron chi connectivity index (χ4n) is 4.31. The summed E-state index contributed by atoms with van der Waals surface area (Å²) in [6, 6.07) is 26.0. The minimum absolute atomic E-state index is 0.0473. The van der Waals surface area contributed by atoms with Crippen LogP contribution in [0.25, 0.3) is 0 Å². The standard InChI is InChI=1S/C33H34FNO6/c1-37-28-18-25(19-29(38-2)32(28)39-3)20-30(36)35-17-16-26-14-15-27(40-21-23-10-6-4-7-11-23)33(31(26)34)41-22-24-12-8-5-9-13-24/h4-15,18-19H,16-17,20-22H2,1-3H3,(H,35,36). The lowest BCUT2D eigenvalue weighted by Crippen LogP contribution is -2.27. The number of nitrogens with one attached hydrogen (secondary N) is 1. The van der Waals surface area contributed by atoms with Gasteiger partial charge >= 0.3 is 0 Å². The predicted octanol–water partition coefficient (Wildman–Crippen LogP) is 5.91. The highest BCUT2D eigenvalue weighted by Crippen LogP contribution is 2.38. The summed E-state index contributed by atoms with van der Waals surface area (Å²) >= 11 is 0. The van der Waals surface area contributed by atoms with Gasteiger partial charge in [-0.3, -0.25) is 4.79 Å². The Morgan fingerprint density at radius 3 is 1.83 bits per heavy atom. The van der Waals surface area contributed by atoms with Crippen LogP contribution in [0.5, 0.6) is 28.7 Å². The van der Waals surface area contributed by atoms with E-state index in [-0.39, 0.29) is 44.3 Å². The molecule has 4 aromatic rings. The highest BCUT2D eigenvalue weighted by atomic mass is 19.1. The number of carbonyl (C=O) groups is 1. The summed E-state index contributed by atoms with van der Waals surface area (Å²) in [5.41, 5.74) is 2.97. The average Bonchev–Trinajstić information content (AvgIpc) is 3.00. The number of ether oxygens (including phenoxy) is 5. The molecule has 1 amide bonds. The third-order valence-corrected chi connectivity index (χ3v) is 6.41. The highest BCUT2D eigenvalue weighted by molar-refractivity contribution is 5.79. The van der Waals surface area contributed by atoms with Gasteiger partial charge in [0.25, 0.3) is 0 Å². The van der Waals surface area contributed by atoms with Gasteiger partial charge in [-0.25, -0.2) is 4.39 Å². The Bertz CT molecular complexity index is 1400. The molecule has 214 valence electrons. The average molecular weight is 560 g/mol. The van der Waals surface area contributed by atoms with Gasteiger partial charge in [-0.2, -0.15) is 0 Å². The molecule has 0 radical (unpaired) electrons. The zero-order valence-corrected chi connectivity index (χ0v) is 23.4. The summed E-state index contributed by atoms with van der Waals surface area (Å²) in [7, 11) is 4.56. The topological polar surface area (TPSA) is 75.3 Å². The Balaban J connectivity index is 1.42. The van der Waals surface area contributed by atoms with E-state index in [0.29, 0.717) is 34.1 Å². The van der Waals surface area contributed by atoms with Gasteiger partial charge in [-0.15, -0.1) is 0 Å². The zero-order chi connectivity index (χ0) is 29.0. The van der Waals surface area contributed by atoms with Crippen LogP contribution in [0.1, 0.15) is 22.3 Å². The Labute approximate surface area is 239 Å². The van der Waals surface area contributed by atoms with E-state index in [1.807, 2.05) is 60.7 Å². The Kier molecular flexibility index (Phi) is 10.4. The molecule has 0 saturated heterocycles. The van der Waals surface area contributed by atoms with Crippen molar-refractivity contribution in [3.8, 4) is 28.7 Å². The maximum absolute atomic E-state index is 15.7. The van der Waals surface area contributed by atoms with E-state index in [9.17, 15) is 4.79 Å². The lowest BCUT2D eigenvalue weighted by Gasteiger charge is -2.16. The molecule has 7 nitrogen and oxygen atoms in total. The van der Waals surface area contributed by atoms with Gasteiger partial charge in [-0.1, -0.05) is 66.7 Å². The predicted molar refractivity (Wildman–Crippen MR) is 154 cm³/mol. The van der Waals surface area contributed by atoms with Crippen molar-refractivity contribution in [2.24, 2.45) is 0 Å². The van der Waals surface area contributed by atoms with E-state index in [4.69, 9.17) is 23.7 Å². The van der Waals surface area contributed by atoms with Gasteiger partial charge in [0, 0.05) is 6.54 Å². The highest BCUT2D eigenvalue weighted by Gasteiger charge is 2.18. The van der Waals surface area contributed by atoms with Crippen LogP contribution in [-0.4, -0.2) is 33.8 Å². The second kappa shape index (κ2) is 14.6. The summed E-state index contributed by atoms with van der Waals surface area (Å²) in [6.45, 7) is 0.704. The molecule has 0 bridgehead atoms. The van der Waals surface area contributed by atoms with Crippen molar-refractivity contribution >= 4 is 5.91 Å². The number of rotatable bonds is 14. The van der Waals surface area contributed by atoms with Gasteiger partial charge in [0.2, 0.25) is 11.7 Å². The van der Waals surface area contributed by atoms with Gasteiger partial charge < -0.3 is 29.0 Å². The third kappa shape index (κ3) is 7.91. The first-order chi connectivity index (χ1) is 20.0. The van der Waals surface area contributed by atoms with Gasteiger partial charge in [0.15, 0.2) is 28.8 Å². The fourth-order valence-corrected chi connectivity index (χ4v) is 4.31. The minimum atomic E-state index is -0.509. The van der Waals surface area contributed by atoms with Gasteiger partial charge in [0.1, 0.15) is 13.2 Å². The molecule has 0 aliphatic carbocycles. The molecular weight excluding hydrogens is 525 g/mol. The number of amides is 1. The summed E-state index contributed by atoms with van der Waals surface area (Å²) in [5, 5.41) is 2.86. The minimum Gasteiger partial charge on any atom is -0.493 e. The van der Waals surface area contributed by atoms with Gasteiger partial charge in [-0.05, 0) is 46.9 Å². The van der Waals surface area contributed by atoms with E-state index in [1.54, 1.807) is 24.3 Å². The van der Waals surface area contributed by atoms with E-state index in [0.717, 1.165) is 11.1 Å². The van der Waals surface area contributed by atoms with Crippen molar-refractivity contribution in [1.82, 2.24) is 5.32 Å². The molecule has 0 saturated carbocycles. The smallest absolute Gasteiger partial charge is 0.224 e. The van der Waals surface area contributed by atoms with Crippen molar-refractivity contribution in [3.63, 3.8) is 0 Å². The van der Waals surface area contributed by atoms with Gasteiger partial charge in [0.05, 0.1) is 27.8 Å². The van der Waals surface area contributed by atoms with Crippen LogP contribution in [-0.2, 0) is 30.8 Å². The van der Waals surface area contributed by atoms with Crippen LogP contribution in [0.15, 0.2) is 84.9 Å². The quantitative estimate of drug-likeness (QED) is 0.207. The second-order valence-corrected chi connectivity index (χ2v) is 9.22. The molecule has 0 aromatic heterocycles. The zero-order valence-electron chi connectivity index (χ0n) is 23.4. The summed E-state index contributed by atoms with van der Waals surface area (Å²) in [6.07, 6.45) is 0.365. The molecule has 0 spiro atoms. The Hall–Kier alpha value is -4.72. The number of methoxy groups -OCH3 is 3. The number of hydrogen-bond acceptors (Lipinski definition) is 6. The molecule has 4 aromatic carbocycles. The summed E-state index contributed by atoms with van der Waals surface area (Å²) in [5.74, 6) is 1.02. The van der Waals surface area contributed by atoms with E-state index < -0.39 is 5.82 Å². The molecule has 41 heavy (non-hydrogen) atoms. The van der Waals surface area contributed by atoms with E-state index >= 15 is 4.39 Å². The van der Waals surface area contributed by atoms with E-state index in [2.05, 4.69) is 5.32 Å². The van der Waals surface area contributed by atoms with Crippen LogP contribution < -0.4 is 29.0 Å². The van der Waals surface area contributed by atoms with Crippen molar-refractivity contribution in [2.45, 2.75) is 26.1 Å². The van der Waals surface area contributed by atoms with Crippen LogP contribution in [0.3, 0.4) is 0 Å². The van der Waals surface area contributed by atoms with Crippen molar-refractivity contribution in [3.05, 3.63) is 113 Å². The lowest BCUT2D eigenvalue weighted by atomic mass is 10.1. The molecule has 0 aliphatic rings. The normalized spacial score (nSPS) is 10.5. The summed E-state index contributed by atoms with van der Waals surface area (Å²) < 4.78 is 43.7.